The molecule has 34 heavy (non-hydrogen) atoms. The highest BCUT2D eigenvalue weighted by molar-refractivity contribution is 5.92. The van der Waals surface area contributed by atoms with Gasteiger partial charge in [0, 0.05) is 40.5 Å². The summed E-state index contributed by atoms with van der Waals surface area (Å²) >= 11 is 0. The minimum absolute atomic E-state index is 0.297. The zero-order valence-electron chi connectivity index (χ0n) is 19.2. The van der Waals surface area contributed by atoms with Crippen molar-refractivity contribution in [3.63, 3.8) is 0 Å². The van der Waals surface area contributed by atoms with Gasteiger partial charge in [0.25, 0.3) is 0 Å². The zero-order chi connectivity index (χ0) is 23.4. The van der Waals surface area contributed by atoms with E-state index in [4.69, 9.17) is 5.10 Å². The lowest BCUT2D eigenvalue weighted by Crippen LogP contribution is -2.03. The summed E-state index contributed by atoms with van der Waals surface area (Å²) in [7, 11) is 0. The lowest BCUT2D eigenvalue weighted by molar-refractivity contribution is 0.532. The summed E-state index contributed by atoms with van der Waals surface area (Å²) in [6, 6.07) is 8.19. The molecule has 168 valence electrons. The molecule has 6 aromatic heterocycles. The average molecular weight is 451 g/mol. The van der Waals surface area contributed by atoms with Gasteiger partial charge in [0.15, 0.2) is 17.1 Å². The van der Waals surface area contributed by atoms with Crippen molar-refractivity contribution in [1.82, 2.24) is 49.3 Å². The van der Waals surface area contributed by atoms with E-state index in [-0.39, 0.29) is 0 Å². The summed E-state index contributed by atoms with van der Waals surface area (Å²) < 4.78 is 3.81. The van der Waals surface area contributed by atoms with Crippen LogP contribution in [0.3, 0.4) is 0 Å². The Bertz CT molecular complexity index is 1670. The van der Waals surface area contributed by atoms with Gasteiger partial charge < -0.3 is 0 Å². The Labute approximate surface area is 194 Å². The van der Waals surface area contributed by atoms with Crippen LogP contribution in [0.2, 0.25) is 0 Å². The molecular formula is C24H22N10. The Hall–Kier alpha value is -4.47. The number of fused-ring (bicyclic) bond motifs is 2. The largest absolute Gasteiger partial charge is 0.270 e. The van der Waals surface area contributed by atoms with Crippen LogP contribution in [0.25, 0.3) is 44.9 Å². The number of hydrogen-bond donors (Lipinski definition) is 0. The molecule has 0 amide bonds. The van der Waals surface area contributed by atoms with Gasteiger partial charge >= 0.3 is 0 Å². The van der Waals surface area contributed by atoms with E-state index in [1.54, 1.807) is 12.4 Å². The Morgan fingerprint density at radius 2 is 1.76 bits per heavy atom. The average Bonchev–Trinajstić information content (AvgIpc) is 3.57. The predicted molar refractivity (Wildman–Crippen MR) is 128 cm³/mol. The molecule has 6 rings (SSSR count). The van der Waals surface area contributed by atoms with Crippen molar-refractivity contribution < 1.29 is 0 Å². The van der Waals surface area contributed by atoms with E-state index in [1.165, 1.54) is 4.80 Å². The quantitative estimate of drug-likeness (QED) is 0.400. The van der Waals surface area contributed by atoms with E-state index in [0.29, 0.717) is 17.5 Å². The topological polar surface area (TPSA) is 104 Å². The Balaban J connectivity index is 1.46. The fourth-order valence-corrected chi connectivity index (χ4v) is 4.04. The molecule has 0 aliphatic rings. The van der Waals surface area contributed by atoms with Crippen LogP contribution >= 0.6 is 0 Å². The zero-order valence-corrected chi connectivity index (χ0v) is 19.2. The molecule has 0 N–H and O–H groups in total. The third kappa shape index (κ3) is 3.22. The van der Waals surface area contributed by atoms with Gasteiger partial charge in [0.2, 0.25) is 0 Å². The number of hydrogen-bond acceptors (Lipinski definition) is 7. The Kier molecular flexibility index (Phi) is 4.47. The van der Waals surface area contributed by atoms with Crippen LogP contribution in [0.4, 0.5) is 0 Å². The summed E-state index contributed by atoms with van der Waals surface area (Å²) in [5, 5.41) is 18.8. The molecule has 6 aromatic rings. The van der Waals surface area contributed by atoms with Crippen LogP contribution in [0.1, 0.15) is 31.3 Å². The van der Waals surface area contributed by atoms with E-state index in [9.17, 15) is 0 Å². The fourth-order valence-electron chi connectivity index (χ4n) is 4.04. The predicted octanol–water partition coefficient (Wildman–Crippen LogP) is 3.98. The number of rotatable bonds is 4. The van der Waals surface area contributed by atoms with Crippen LogP contribution in [0.5, 0.6) is 0 Å². The van der Waals surface area contributed by atoms with Gasteiger partial charge in [-0.3, -0.25) is 4.68 Å². The number of aryl methyl sites for hydroxylation is 2. The maximum atomic E-state index is 4.87. The Morgan fingerprint density at radius 1 is 0.882 bits per heavy atom. The molecule has 0 aromatic carbocycles. The van der Waals surface area contributed by atoms with Gasteiger partial charge in [-0.05, 0) is 52.0 Å². The maximum Gasteiger partial charge on any atom is 0.176 e. The standard InChI is InChI=1S/C24H22N10/c1-14(2)32-13-17(11-27-32)20-9-23-26-12-21(33(23)31-16(20)4)18-7-8-25-24-19(18)5-6-22(29-24)34-28-10-15(3)30-34/h5-14H,1-4H3. The SMILES string of the molecule is Cc1cnn(-c2ccc3c(-c4cnc5cc(-c6cnn(C(C)C)c6)c(C)nn45)ccnc3n2)n1. The van der Waals surface area contributed by atoms with Gasteiger partial charge in [0.1, 0.15) is 0 Å². The number of imidazole rings is 1. The van der Waals surface area contributed by atoms with Crippen LogP contribution in [0.15, 0.2) is 55.2 Å². The summed E-state index contributed by atoms with van der Waals surface area (Å²) in [4.78, 5) is 15.3. The maximum absolute atomic E-state index is 4.87. The minimum Gasteiger partial charge on any atom is -0.270 e. The second-order valence-corrected chi connectivity index (χ2v) is 8.53. The molecule has 0 atom stereocenters. The highest BCUT2D eigenvalue weighted by atomic mass is 15.5. The molecule has 0 unspecified atom stereocenters. The molecule has 0 bridgehead atoms. The highest BCUT2D eigenvalue weighted by Crippen LogP contribution is 2.30. The second-order valence-electron chi connectivity index (χ2n) is 8.53. The molecule has 0 fully saturated rings. The fraction of sp³-hybridized carbons (Fsp3) is 0.208. The molecule has 10 nitrogen and oxygen atoms in total. The van der Waals surface area contributed by atoms with Crippen LogP contribution in [-0.4, -0.2) is 49.3 Å². The lowest BCUT2D eigenvalue weighted by atomic mass is 10.1. The van der Waals surface area contributed by atoms with Crippen LogP contribution < -0.4 is 0 Å². The first-order valence-corrected chi connectivity index (χ1v) is 11.0. The van der Waals surface area contributed by atoms with Crippen molar-refractivity contribution in [2.75, 3.05) is 0 Å². The summed E-state index contributed by atoms with van der Waals surface area (Å²) in [6.07, 6.45) is 9.20. The number of aromatic nitrogens is 10. The van der Waals surface area contributed by atoms with Crippen LogP contribution in [-0.2, 0) is 0 Å². The lowest BCUT2D eigenvalue weighted by Gasteiger charge is -2.09. The van der Waals surface area contributed by atoms with E-state index in [0.717, 1.165) is 44.8 Å². The smallest absolute Gasteiger partial charge is 0.176 e. The Morgan fingerprint density at radius 3 is 2.53 bits per heavy atom. The monoisotopic (exact) mass is 450 g/mol. The number of pyridine rings is 2. The molecule has 10 heteroatoms. The van der Waals surface area contributed by atoms with Gasteiger partial charge in [-0.2, -0.15) is 20.4 Å². The van der Waals surface area contributed by atoms with Crippen LogP contribution in [0, 0.1) is 13.8 Å². The van der Waals surface area contributed by atoms with E-state index >= 15 is 0 Å². The van der Waals surface area contributed by atoms with Gasteiger partial charge in [-0.1, -0.05) is 0 Å². The third-order valence-electron chi connectivity index (χ3n) is 5.80. The van der Waals surface area contributed by atoms with Crippen molar-refractivity contribution in [3.05, 3.63) is 66.6 Å². The van der Waals surface area contributed by atoms with E-state index in [2.05, 4.69) is 50.2 Å². The van der Waals surface area contributed by atoms with E-state index in [1.807, 2.05) is 59.8 Å². The molecule has 0 radical (unpaired) electrons. The third-order valence-corrected chi connectivity index (χ3v) is 5.80. The minimum atomic E-state index is 0.297. The molecule has 0 spiro atoms. The molecular weight excluding hydrogens is 428 g/mol. The number of nitrogens with zero attached hydrogens (tertiary/aromatic N) is 10. The summed E-state index contributed by atoms with van der Waals surface area (Å²) in [5.74, 6) is 0.615. The first kappa shape index (κ1) is 20.2. The van der Waals surface area contributed by atoms with Gasteiger partial charge in [-0.15, -0.1) is 4.80 Å². The molecule has 0 saturated heterocycles. The molecule has 6 heterocycles. The van der Waals surface area contributed by atoms with Crippen molar-refractivity contribution in [2.24, 2.45) is 0 Å². The molecule has 0 aliphatic heterocycles. The first-order valence-electron chi connectivity index (χ1n) is 11.0. The van der Waals surface area contributed by atoms with Gasteiger partial charge in [-0.25, -0.2) is 19.5 Å². The highest BCUT2D eigenvalue weighted by Gasteiger charge is 2.16. The van der Waals surface area contributed by atoms with Crippen molar-refractivity contribution in [1.29, 1.82) is 0 Å². The molecule has 0 saturated carbocycles. The summed E-state index contributed by atoms with van der Waals surface area (Å²) in [5.41, 5.74) is 6.96. The van der Waals surface area contributed by atoms with Crippen molar-refractivity contribution in [2.45, 2.75) is 33.7 Å². The first-order chi connectivity index (χ1) is 16.5. The van der Waals surface area contributed by atoms with Gasteiger partial charge in [0.05, 0.1) is 35.7 Å². The van der Waals surface area contributed by atoms with E-state index < -0.39 is 0 Å². The molecule has 0 aliphatic carbocycles. The van der Waals surface area contributed by atoms with Crippen molar-refractivity contribution in [3.8, 4) is 28.2 Å². The normalized spacial score (nSPS) is 11.8. The second kappa shape index (κ2) is 7.55. The van der Waals surface area contributed by atoms with Crippen molar-refractivity contribution >= 4 is 16.7 Å². The summed E-state index contributed by atoms with van der Waals surface area (Å²) in [6.45, 7) is 8.11.